The van der Waals surface area contributed by atoms with Crippen LogP contribution in [0.5, 0.6) is 5.75 Å². The van der Waals surface area contributed by atoms with Crippen molar-refractivity contribution in [1.29, 1.82) is 0 Å². The second-order valence-electron chi connectivity index (χ2n) is 8.26. The summed E-state index contributed by atoms with van der Waals surface area (Å²) in [4.78, 5) is 6.50. The van der Waals surface area contributed by atoms with Crippen molar-refractivity contribution in [2.75, 3.05) is 12.0 Å². The van der Waals surface area contributed by atoms with Crippen LogP contribution >= 0.6 is 12.2 Å². The number of rotatable bonds is 5. The van der Waals surface area contributed by atoms with Gasteiger partial charge < -0.3 is 14.6 Å². The predicted octanol–water partition coefficient (Wildman–Crippen LogP) is 6.06. The molecule has 0 bridgehead atoms. The fraction of sp³-hybridized carbons (Fsp3) is 0.148. The number of ether oxygens (including phenoxy) is 1. The number of anilines is 1. The van der Waals surface area contributed by atoms with E-state index in [9.17, 15) is 4.39 Å². The molecule has 0 radical (unpaired) electrons. The first-order valence-electron chi connectivity index (χ1n) is 11.1. The Labute approximate surface area is 208 Å². The van der Waals surface area contributed by atoms with Crippen molar-refractivity contribution in [2.45, 2.75) is 19.9 Å². The second-order valence-corrected chi connectivity index (χ2v) is 8.65. The largest absolute Gasteiger partial charge is 0.497 e. The molecule has 1 N–H and O–H groups in total. The summed E-state index contributed by atoms with van der Waals surface area (Å²) in [6.45, 7) is 3.94. The number of aromatic nitrogens is 2. The quantitative estimate of drug-likeness (QED) is 0.344. The minimum Gasteiger partial charge on any atom is -0.497 e. The van der Waals surface area contributed by atoms with E-state index in [0.29, 0.717) is 22.5 Å². The van der Waals surface area contributed by atoms with Gasteiger partial charge in [-0.05, 0) is 62.0 Å². The van der Waals surface area contributed by atoms with Crippen molar-refractivity contribution in [2.24, 2.45) is 0 Å². The molecule has 0 saturated heterocycles. The van der Waals surface area contributed by atoms with Gasteiger partial charge in [0.15, 0.2) is 5.11 Å². The molecule has 1 aliphatic rings. The van der Waals surface area contributed by atoms with Gasteiger partial charge in [-0.15, -0.1) is 0 Å². The zero-order valence-electron chi connectivity index (χ0n) is 19.4. The summed E-state index contributed by atoms with van der Waals surface area (Å²) < 4.78 is 25.2. The lowest BCUT2D eigenvalue weighted by atomic mass is 9.94. The van der Waals surface area contributed by atoms with Gasteiger partial charge in [0.05, 0.1) is 24.4 Å². The van der Waals surface area contributed by atoms with Gasteiger partial charge in [0, 0.05) is 11.3 Å². The van der Waals surface area contributed by atoms with E-state index in [0.717, 1.165) is 33.7 Å². The first-order valence-corrected chi connectivity index (χ1v) is 11.5. The lowest BCUT2D eigenvalue weighted by molar-refractivity contribution is 0.404. The second kappa shape index (κ2) is 9.31. The lowest BCUT2D eigenvalue weighted by Crippen LogP contribution is -2.46. The van der Waals surface area contributed by atoms with Crippen molar-refractivity contribution < 1.29 is 13.7 Å². The zero-order chi connectivity index (χ0) is 24.5. The number of nitrogens with zero attached hydrogens (tertiary/aromatic N) is 3. The van der Waals surface area contributed by atoms with Crippen LogP contribution in [0.2, 0.25) is 0 Å². The molecule has 5 rings (SSSR count). The molecule has 0 aliphatic carbocycles. The number of hydrogen-bond acceptors (Lipinski definition) is 5. The molecular weight excluding hydrogens is 463 g/mol. The maximum Gasteiger partial charge on any atom is 0.258 e. The highest BCUT2D eigenvalue weighted by Gasteiger charge is 2.35. The Balaban J connectivity index is 1.64. The van der Waals surface area contributed by atoms with Gasteiger partial charge in [-0.2, -0.15) is 4.98 Å². The van der Waals surface area contributed by atoms with E-state index in [-0.39, 0.29) is 11.9 Å². The smallest absolute Gasteiger partial charge is 0.258 e. The number of allylic oxidation sites excluding steroid dienone is 1. The fourth-order valence-corrected chi connectivity index (χ4v) is 4.51. The maximum atomic E-state index is 14.1. The Morgan fingerprint density at radius 3 is 2.46 bits per heavy atom. The van der Waals surface area contributed by atoms with Crippen LogP contribution in [0, 0.1) is 12.7 Å². The molecular formula is C27H23FN4O2S. The van der Waals surface area contributed by atoms with Gasteiger partial charge in [0.2, 0.25) is 5.82 Å². The van der Waals surface area contributed by atoms with Gasteiger partial charge in [0.1, 0.15) is 11.6 Å². The molecule has 35 heavy (non-hydrogen) atoms. The third-order valence-corrected chi connectivity index (χ3v) is 6.27. The molecule has 0 fully saturated rings. The van der Waals surface area contributed by atoms with Crippen LogP contribution in [-0.2, 0) is 0 Å². The molecule has 0 saturated carbocycles. The van der Waals surface area contributed by atoms with Crippen molar-refractivity contribution in [1.82, 2.24) is 15.5 Å². The molecule has 2 heterocycles. The van der Waals surface area contributed by atoms with Crippen molar-refractivity contribution in [3.05, 3.63) is 101 Å². The Morgan fingerprint density at radius 2 is 1.77 bits per heavy atom. The Kier molecular flexibility index (Phi) is 6.05. The Bertz CT molecular complexity index is 1410. The highest BCUT2D eigenvalue weighted by Crippen LogP contribution is 2.39. The minimum absolute atomic E-state index is 0.351. The zero-order valence-corrected chi connectivity index (χ0v) is 20.3. The normalized spacial score (nSPS) is 15.8. The standard InChI is InChI=1S/C27H23FN4O2S/c1-16-7-9-19(10-8-16)25-30-26(34-31-25)23-17(2)32(21-6-4-5-20(28)15-21)27(35)29-24(23)18-11-13-22(33-3)14-12-18/h4-15,24H,1-3H3,(H,29,35). The predicted molar refractivity (Wildman–Crippen MR) is 137 cm³/mol. The third kappa shape index (κ3) is 4.40. The number of aryl methyl sites for hydroxylation is 1. The SMILES string of the molecule is COc1ccc(C2NC(=S)N(c3cccc(F)c3)C(C)=C2c2nc(-c3ccc(C)cc3)no2)cc1. The van der Waals surface area contributed by atoms with Crippen LogP contribution in [0.3, 0.4) is 0 Å². The molecule has 8 heteroatoms. The highest BCUT2D eigenvalue weighted by molar-refractivity contribution is 7.80. The molecule has 4 aromatic rings. The molecule has 6 nitrogen and oxygen atoms in total. The summed E-state index contributed by atoms with van der Waals surface area (Å²) in [5, 5.41) is 8.06. The van der Waals surface area contributed by atoms with Crippen LogP contribution in [0.4, 0.5) is 10.1 Å². The first-order chi connectivity index (χ1) is 16.9. The summed E-state index contributed by atoms with van der Waals surface area (Å²) in [5.41, 5.74) is 5.05. The highest BCUT2D eigenvalue weighted by atomic mass is 32.1. The minimum atomic E-state index is -0.357. The van der Waals surface area contributed by atoms with Crippen LogP contribution in [0.25, 0.3) is 17.0 Å². The monoisotopic (exact) mass is 486 g/mol. The Hall–Kier alpha value is -4.04. The number of nitrogens with one attached hydrogen (secondary N) is 1. The fourth-order valence-electron chi connectivity index (χ4n) is 4.15. The molecule has 1 aromatic heterocycles. The number of thiocarbonyl (C=S) groups is 1. The summed E-state index contributed by atoms with van der Waals surface area (Å²) in [6.07, 6.45) is 0. The van der Waals surface area contributed by atoms with E-state index in [2.05, 4.69) is 10.5 Å². The van der Waals surface area contributed by atoms with E-state index < -0.39 is 0 Å². The average Bonchev–Trinajstić information content (AvgIpc) is 3.34. The molecule has 0 spiro atoms. The molecule has 3 aromatic carbocycles. The number of hydrogen-bond donors (Lipinski definition) is 1. The van der Waals surface area contributed by atoms with Crippen LogP contribution < -0.4 is 15.0 Å². The molecule has 1 unspecified atom stereocenters. The van der Waals surface area contributed by atoms with Gasteiger partial charge >= 0.3 is 0 Å². The van der Waals surface area contributed by atoms with Crippen molar-refractivity contribution >= 4 is 28.6 Å². The van der Waals surface area contributed by atoms with Crippen molar-refractivity contribution in [3.63, 3.8) is 0 Å². The first kappa shape index (κ1) is 22.7. The summed E-state index contributed by atoms with van der Waals surface area (Å²) >= 11 is 5.72. The van der Waals surface area contributed by atoms with E-state index in [1.165, 1.54) is 12.1 Å². The molecule has 176 valence electrons. The topological polar surface area (TPSA) is 63.4 Å². The number of benzene rings is 3. The van der Waals surface area contributed by atoms with E-state index in [1.54, 1.807) is 24.1 Å². The molecule has 1 aliphatic heterocycles. The summed E-state index contributed by atoms with van der Waals surface area (Å²) in [5.74, 6) is 1.24. The van der Waals surface area contributed by atoms with Gasteiger partial charge in [0.25, 0.3) is 5.89 Å². The third-order valence-electron chi connectivity index (χ3n) is 5.97. The van der Waals surface area contributed by atoms with E-state index >= 15 is 0 Å². The average molecular weight is 487 g/mol. The van der Waals surface area contributed by atoms with Gasteiger partial charge in [-0.25, -0.2) is 4.39 Å². The molecule has 0 amide bonds. The maximum absolute atomic E-state index is 14.1. The van der Waals surface area contributed by atoms with Crippen LogP contribution in [0.1, 0.15) is 30.0 Å². The van der Waals surface area contributed by atoms with Crippen LogP contribution in [0.15, 0.2) is 83.0 Å². The van der Waals surface area contributed by atoms with E-state index in [4.69, 9.17) is 26.5 Å². The van der Waals surface area contributed by atoms with E-state index in [1.807, 2.05) is 62.4 Å². The number of methoxy groups -OCH3 is 1. The lowest BCUT2D eigenvalue weighted by Gasteiger charge is -2.37. The summed E-state index contributed by atoms with van der Waals surface area (Å²) in [7, 11) is 1.63. The van der Waals surface area contributed by atoms with Gasteiger partial charge in [-0.3, -0.25) is 4.90 Å². The van der Waals surface area contributed by atoms with Crippen molar-refractivity contribution in [3.8, 4) is 17.1 Å². The van der Waals surface area contributed by atoms with Crippen LogP contribution in [-0.4, -0.2) is 22.4 Å². The molecule has 1 atom stereocenters. The Morgan fingerprint density at radius 1 is 1.03 bits per heavy atom. The summed E-state index contributed by atoms with van der Waals surface area (Å²) in [6, 6.07) is 21.5. The number of halogens is 1. The van der Waals surface area contributed by atoms with Gasteiger partial charge in [-0.1, -0.05) is 53.2 Å².